The van der Waals surface area contributed by atoms with E-state index >= 15 is 0 Å². The van der Waals surface area contributed by atoms with Gasteiger partial charge < -0.3 is 9.72 Å². The van der Waals surface area contributed by atoms with Crippen LogP contribution in [-0.4, -0.2) is 47.6 Å². The SMILES string of the molecule is c1ccc2[nH]c(CN3CCN(Cc4ccc5c(c4)COCC5)CC3)cc2c1. The molecule has 2 aromatic carbocycles. The third-order valence-electron chi connectivity index (χ3n) is 5.89. The number of hydrogen-bond acceptors (Lipinski definition) is 3. The molecule has 0 unspecified atom stereocenters. The van der Waals surface area contributed by atoms with Gasteiger partial charge in [-0.3, -0.25) is 9.80 Å². The lowest BCUT2D eigenvalue weighted by atomic mass is 10.00. The molecule has 2 aliphatic rings. The van der Waals surface area contributed by atoms with Crippen molar-refractivity contribution in [3.05, 3.63) is 70.9 Å². The van der Waals surface area contributed by atoms with Gasteiger partial charge in [0.2, 0.25) is 0 Å². The van der Waals surface area contributed by atoms with Crippen LogP contribution in [0.2, 0.25) is 0 Å². The average molecular weight is 361 g/mol. The summed E-state index contributed by atoms with van der Waals surface area (Å²) in [6, 6.07) is 17.8. The van der Waals surface area contributed by atoms with Crippen LogP contribution >= 0.6 is 0 Å². The van der Waals surface area contributed by atoms with Crippen LogP contribution in [0.5, 0.6) is 0 Å². The number of ether oxygens (including phenoxy) is 1. The Morgan fingerprint density at radius 3 is 2.52 bits per heavy atom. The van der Waals surface area contributed by atoms with Crippen molar-refractivity contribution in [2.45, 2.75) is 26.1 Å². The summed E-state index contributed by atoms with van der Waals surface area (Å²) >= 11 is 0. The number of aromatic nitrogens is 1. The number of piperazine rings is 1. The lowest BCUT2D eigenvalue weighted by Crippen LogP contribution is -2.45. The predicted octanol–water partition coefficient (Wildman–Crippen LogP) is 3.56. The Kier molecular flexibility index (Phi) is 4.70. The van der Waals surface area contributed by atoms with Gasteiger partial charge >= 0.3 is 0 Å². The average Bonchev–Trinajstić information content (AvgIpc) is 3.12. The zero-order chi connectivity index (χ0) is 18.1. The van der Waals surface area contributed by atoms with Gasteiger partial charge in [-0.1, -0.05) is 36.4 Å². The minimum Gasteiger partial charge on any atom is -0.376 e. The van der Waals surface area contributed by atoms with E-state index in [1.807, 2.05) is 0 Å². The smallest absolute Gasteiger partial charge is 0.0719 e. The van der Waals surface area contributed by atoms with E-state index in [9.17, 15) is 0 Å². The molecule has 0 radical (unpaired) electrons. The number of para-hydroxylation sites is 1. The maximum absolute atomic E-state index is 5.61. The van der Waals surface area contributed by atoms with Crippen LogP contribution in [0.1, 0.15) is 22.4 Å². The Bertz CT molecular complexity index is 891. The van der Waals surface area contributed by atoms with Gasteiger partial charge in [-0.2, -0.15) is 0 Å². The van der Waals surface area contributed by atoms with Crippen LogP contribution in [0.4, 0.5) is 0 Å². The highest BCUT2D eigenvalue weighted by atomic mass is 16.5. The number of rotatable bonds is 4. The van der Waals surface area contributed by atoms with Gasteiger partial charge in [0.1, 0.15) is 0 Å². The van der Waals surface area contributed by atoms with Crippen molar-refractivity contribution >= 4 is 10.9 Å². The van der Waals surface area contributed by atoms with E-state index in [1.54, 1.807) is 0 Å². The first-order valence-corrected chi connectivity index (χ1v) is 10.0. The van der Waals surface area contributed by atoms with Crippen molar-refractivity contribution in [2.24, 2.45) is 0 Å². The molecule has 3 heterocycles. The quantitative estimate of drug-likeness (QED) is 0.771. The first-order chi connectivity index (χ1) is 13.3. The van der Waals surface area contributed by atoms with Crippen molar-refractivity contribution in [3.63, 3.8) is 0 Å². The van der Waals surface area contributed by atoms with Gasteiger partial charge in [0, 0.05) is 50.5 Å². The molecule has 0 bridgehead atoms. The zero-order valence-corrected chi connectivity index (χ0v) is 15.8. The fourth-order valence-electron chi connectivity index (χ4n) is 4.34. The molecule has 1 saturated heterocycles. The molecule has 140 valence electrons. The van der Waals surface area contributed by atoms with Crippen molar-refractivity contribution in [1.29, 1.82) is 0 Å². The molecular formula is C23H27N3O. The topological polar surface area (TPSA) is 31.5 Å². The summed E-state index contributed by atoms with van der Waals surface area (Å²) < 4.78 is 5.61. The monoisotopic (exact) mass is 361 g/mol. The number of fused-ring (bicyclic) bond motifs is 2. The second-order valence-electron chi connectivity index (χ2n) is 7.84. The van der Waals surface area contributed by atoms with E-state index < -0.39 is 0 Å². The molecule has 3 aromatic rings. The summed E-state index contributed by atoms with van der Waals surface area (Å²) in [5.41, 5.74) is 6.83. The highest BCUT2D eigenvalue weighted by Crippen LogP contribution is 2.20. The Labute approximate surface area is 160 Å². The van der Waals surface area contributed by atoms with Crippen LogP contribution in [0.25, 0.3) is 10.9 Å². The molecule has 4 heteroatoms. The number of aromatic amines is 1. The van der Waals surface area contributed by atoms with Crippen LogP contribution in [0.3, 0.4) is 0 Å². The molecule has 2 aliphatic heterocycles. The first kappa shape index (κ1) is 17.0. The van der Waals surface area contributed by atoms with Crippen LogP contribution in [-0.2, 0) is 30.9 Å². The van der Waals surface area contributed by atoms with Crippen molar-refractivity contribution in [3.8, 4) is 0 Å². The Balaban J connectivity index is 1.17. The predicted molar refractivity (Wildman–Crippen MR) is 109 cm³/mol. The second kappa shape index (κ2) is 7.47. The Morgan fingerprint density at radius 2 is 1.67 bits per heavy atom. The maximum atomic E-state index is 5.61. The molecule has 1 fully saturated rings. The molecule has 0 aliphatic carbocycles. The summed E-state index contributed by atoms with van der Waals surface area (Å²) in [6.45, 7) is 8.23. The highest BCUT2D eigenvalue weighted by molar-refractivity contribution is 5.80. The number of H-pyrrole nitrogens is 1. The second-order valence-corrected chi connectivity index (χ2v) is 7.84. The number of hydrogen-bond donors (Lipinski definition) is 1. The first-order valence-electron chi connectivity index (χ1n) is 10.0. The summed E-state index contributed by atoms with van der Waals surface area (Å²) in [5, 5.41) is 1.31. The zero-order valence-electron chi connectivity index (χ0n) is 15.8. The van der Waals surface area contributed by atoms with Gasteiger partial charge in [-0.05, 0) is 40.6 Å². The standard InChI is InChI=1S/C23H27N3O/c1-2-4-23-20(3-1)14-22(24-23)16-26-10-8-25(9-11-26)15-18-5-6-19-7-12-27-17-21(19)13-18/h1-6,13-14,24H,7-12,15-17H2. The van der Waals surface area contributed by atoms with E-state index in [4.69, 9.17) is 4.74 Å². The molecule has 0 spiro atoms. The van der Waals surface area contributed by atoms with E-state index in [2.05, 4.69) is 63.3 Å². The number of benzene rings is 2. The molecule has 4 nitrogen and oxygen atoms in total. The summed E-state index contributed by atoms with van der Waals surface area (Å²) in [4.78, 5) is 8.69. The van der Waals surface area contributed by atoms with Crippen LogP contribution < -0.4 is 0 Å². The van der Waals surface area contributed by atoms with Crippen LogP contribution in [0, 0.1) is 0 Å². The third kappa shape index (κ3) is 3.79. The fraction of sp³-hybridized carbons (Fsp3) is 0.391. The van der Waals surface area contributed by atoms with Crippen molar-refractivity contribution in [2.75, 3.05) is 32.8 Å². The highest BCUT2D eigenvalue weighted by Gasteiger charge is 2.18. The molecule has 27 heavy (non-hydrogen) atoms. The number of nitrogens with one attached hydrogen (secondary N) is 1. The van der Waals surface area contributed by atoms with Gasteiger partial charge in [-0.25, -0.2) is 0 Å². The minimum absolute atomic E-state index is 0.779. The van der Waals surface area contributed by atoms with Crippen molar-refractivity contribution in [1.82, 2.24) is 14.8 Å². The largest absolute Gasteiger partial charge is 0.376 e. The molecule has 0 amide bonds. The Morgan fingerprint density at radius 1 is 0.852 bits per heavy atom. The summed E-state index contributed by atoms with van der Waals surface area (Å²) in [6.07, 6.45) is 1.06. The van der Waals surface area contributed by atoms with E-state index in [1.165, 1.54) is 33.3 Å². The van der Waals surface area contributed by atoms with Crippen LogP contribution in [0.15, 0.2) is 48.5 Å². The normalized spacial score (nSPS) is 18.7. The van der Waals surface area contributed by atoms with Crippen molar-refractivity contribution < 1.29 is 4.74 Å². The fourth-order valence-corrected chi connectivity index (χ4v) is 4.34. The number of nitrogens with zero attached hydrogens (tertiary/aromatic N) is 2. The molecule has 0 saturated carbocycles. The van der Waals surface area contributed by atoms with E-state index in [0.29, 0.717) is 0 Å². The molecular weight excluding hydrogens is 334 g/mol. The van der Waals surface area contributed by atoms with Gasteiger partial charge in [0.25, 0.3) is 0 Å². The van der Waals surface area contributed by atoms with E-state index in [-0.39, 0.29) is 0 Å². The molecule has 1 aromatic heterocycles. The summed E-state index contributed by atoms with van der Waals surface area (Å²) in [7, 11) is 0. The maximum Gasteiger partial charge on any atom is 0.0719 e. The lowest BCUT2D eigenvalue weighted by Gasteiger charge is -2.34. The lowest BCUT2D eigenvalue weighted by molar-refractivity contribution is 0.110. The molecule has 5 rings (SSSR count). The van der Waals surface area contributed by atoms with Gasteiger partial charge in [0.05, 0.1) is 13.2 Å². The Hall–Kier alpha value is -2.14. The third-order valence-corrected chi connectivity index (χ3v) is 5.89. The minimum atomic E-state index is 0.779. The van der Waals surface area contributed by atoms with Gasteiger partial charge in [-0.15, -0.1) is 0 Å². The molecule has 1 N–H and O–H groups in total. The molecule has 0 atom stereocenters. The summed E-state index contributed by atoms with van der Waals surface area (Å²) in [5.74, 6) is 0. The van der Waals surface area contributed by atoms with E-state index in [0.717, 1.165) is 58.9 Å². The van der Waals surface area contributed by atoms with Gasteiger partial charge in [0.15, 0.2) is 0 Å².